The first kappa shape index (κ1) is 16.9. The third kappa shape index (κ3) is 5.90. The smallest absolute Gasteiger partial charge is 0.285 e. The van der Waals surface area contributed by atoms with Gasteiger partial charge in [-0.1, -0.05) is 42.5 Å². The molecule has 0 aromatic heterocycles. The second-order valence-corrected chi connectivity index (χ2v) is 5.08. The van der Waals surface area contributed by atoms with Crippen molar-refractivity contribution in [2.45, 2.75) is 12.3 Å². The average molecular weight is 302 g/mol. The van der Waals surface area contributed by atoms with Crippen LogP contribution < -0.4 is 5.73 Å². The Morgan fingerprint density at radius 1 is 1.30 bits per heavy atom. The van der Waals surface area contributed by atoms with Crippen LogP contribution in [-0.2, 0) is 10.7 Å². The van der Waals surface area contributed by atoms with Crippen LogP contribution in [0.2, 0.25) is 0 Å². The molecule has 0 aliphatic heterocycles. The van der Waals surface area contributed by atoms with Crippen LogP contribution in [0, 0.1) is 0 Å². The molecule has 1 aromatic carbocycles. The number of nitrogens with two attached hydrogens (primary N) is 1. The standard InChI is InChI=1S/C14H20F2N2OS/c1-19-10-9-18(8-7-13(17)20)11-14(15,16)12-5-3-2-4-6-12/h2-6H,7-11H2,1H3,(H2,17,20). The Morgan fingerprint density at radius 3 is 2.50 bits per heavy atom. The van der Waals surface area contributed by atoms with Crippen LogP contribution in [0.25, 0.3) is 0 Å². The fraction of sp³-hybridized carbons (Fsp3) is 0.500. The van der Waals surface area contributed by atoms with E-state index in [0.29, 0.717) is 31.1 Å². The van der Waals surface area contributed by atoms with E-state index in [9.17, 15) is 8.78 Å². The Labute approximate surface area is 123 Å². The molecule has 0 bridgehead atoms. The van der Waals surface area contributed by atoms with E-state index in [2.05, 4.69) is 0 Å². The van der Waals surface area contributed by atoms with Crippen molar-refractivity contribution in [1.29, 1.82) is 0 Å². The largest absolute Gasteiger partial charge is 0.393 e. The highest BCUT2D eigenvalue weighted by atomic mass is 32.1. The van der Waals surface area contributed by atoms with E-state index in [1.54, 1.807) is 30.2 Å². The molecule has 0 radical (unpaired) electrons. The SMILES string of the molecule is COCCN(CCC(N)=S)CC(F)(F)c1ccccc1. The van der Waals surface area contributed by atoms with Gasteiger partial charge < -0.3 is 10.5 Å². The Balaban J connectivity index is 2.68. The summed E-state index contributed by atoms with van der Waals surface area (Å²) in [5.41, 5.74) is 5.44. The summed E-state index contributed by atoms with van der Waals surface area (Å²) in [5, 5.41) is 0. The molecule has 0 atom stereocenters. The lowest BCUT2D eigenvalue weighted by atomic mass is 10.1. The van der Waals surface area contributed by atoms with E-state index in [4.69, 9.17) is 22.7 Å². The van der Waals surface area contributed by atoms with E-state index < -0.39 is 5.92 Å². The zero-order valence-electron chi connectivity index (χ0n) is 11.5. The number of nitrogens with zero attached hydrogens (tertiary/aromatic N) is 1. The molecule has 0 aliphatic carbocycles. The van der Waals surface area contributed by atoms with Gasteiger partial charge in [-0.05, 0) is 0 Å². The number of thiocarbonyl (C=S) groups is 1. The van der Waals surface area contributed by atoms with Gasteiger partial charge in [-0.3, -0.25) is 4.90 Å². The first-order valence-electron chi connectivity index (χ1n) is 6.38. The average Bonchev–Trinajstić information content (AvgIpc) is 2.42. The number of halogens is 2. The van der Waals surface area contributed by atoms with Crippen LogP contribution in [0.1, 0.15) is 12.0 Å². The van der Waals surface area contributed by atoms with Gasteiger partial charge >= 0.3 is 0 Å². The molecule has 0 fully saturated rings. The molecule has 0 aliphatic rings. The number of alkyl halides is 2. The van der Waals surface area contributed by atoms with Crippen LogP contribution in [0.5, 0.6) is 0 Å². The van der Waals surface area contributed by atoms with Crippen molar-refractivity contribution >= 4 is 17.2 Å². The topological polar surface area (TPSA) is 38.5 Å². The van der Waals surface area contributed by atoms with E-state index in [1.807, 2.05) is 0 Å². The molecule has 0 unspecified atom stereocenters. The van der Waals surface area contributed by atoms with E-state index in [1.165, 1.54) is 12.1 Å². The summed E-state index contributed by atoms with van der Waals surface area (Å²) in [6.07, 6.45) is 0.421. The molecule has 0 saturated heterocycles. The van der Waals surface area contributed by atoms with Gasteiger partial charge in [-0.2, -0.15) is 8.78 Å². The van der Waals surface area contributed by atoms with Crippen LogP contribution in [0.3, 0.4) is 0 Å². The minimum atomic E-state index is -2.91. The summed E-state index contributed by atoms with van der Waals surface area (Å²) >= 11 is 4.79. The Kier molecular flexibility index (Phi) is 6.98. The van der Waals surface area contributed by atoms with Gasteiger partial charge in [0.1, 0.15) is 0 Å². The van der Waals surface area contributed by atoms with Crippen molar-refractivity contribution in [3.63, 3.8) is 0 Å². The Hall–Kier alpha value is -1.11. The van der Waals surface area contributed by atoms with Gasteiger partial charge in [0.05, 0.1) is 18.1 Å². The Bertz CT molecular complexity index is 415. The fourth-order valence-corrected chi connectivity index (χ4v) is 1.90. The molecule has 0 spiro atoms. The molecule has 0 heterocycles. The van der Waals surface area contributed by atoms with E-state index >= 15 is 0 Å². The second-order valence-electron chi connectivity index (χ2n) is 4.56. The lowest BCUT2D eigenvalue weighted by Crippen LogP contribution is -2.39. The predicted octanol–water partition coefficient (Wildman–Crippen LogP) is 2.40. The number of methoxy groups -OCH3 is 1. The first-order valence-corrected chi connectivity index (χ1v) is 6.79. The minimum Gasteiger partial charge on any atom is -0.393 e. The predicted molar refractivity (Wildman–Crippen MR) is 80.1 cm³/mol. The quantitative estimate of drug-likeness (QED) is 0.711. The summed E-state index contributed by atoms with van der Waals surface area (Å²) in [4.78, 5) is 1.95. The Morgan fingerprint density at radius 2 is 1.95 bits per heavy atom. The van der Waals surface area contributed by atoms with Crippen LogP contribution >= 0.6 is 12.2 Å². The zero-order valence-corrected chi connectivity index (χ0v) is 12.3. The number of hydrogen-bond donors (Lipinski definition) is 1. The maximum atomic E-state index is 14.2. The summed E-state index contributed by atoms with van der Waals surface area (Å²) in [5.74, 6) is -2.91. The lowest BCUT2D eigenvalue weighted by Gasteiger charge is -2.27. The molecule has 6 heteroatoms. The number of rotatable bonds is 9. The molecular weight excluding hydrogens is 282 g/mol. The summed E-state index contributed by atoms with van der Waals surface area (Å²) in [7, 11) is 1.54. The zero-order chi connectivity index (χ0) is 15.0. The molecule has 3 nitrogen and oxygen atoms in total. The normalized spacial score (nSPS) is 11.8. The van der Waals surface area contributed by atoms with Gasteiger partial charge in [0.25, 0.3) is 5.92 Å². The molecule has 112 valence electrons. The maximum absolute atomic E-state index is 14.2. The van der Waals surface area contributed by atoms with Gasteiger partial charge in [0, 0.05) is 32.2 Å². The number of hydrogen-bond acceptors (Lipinski definition) is 3. The monoisotopic (exact) mass is 302 g/mol. The maximum Gasteiger partial charge on any atom is 0.285 e. The molecule has 1 rings (SSSR count). The molecule has 0 saturated carbocycles. The van der Waals surface area contributed by atoms with Crippen LogP contribution in [-0.4, -0.2) is 43.2 Å². The van der Waals surface area contributed by atoms with Crippen molar-refractivity contribution in [2.75, 3.05) is 33.4 Å². The van der Waals surface area contributed by atoms with Gasteiger partial charge in [-0.15, -0.1) is 0 Å². The van der Waals surface area contributed by atoms with Crippen LogP contribution in [0.15, 0.2) is 30.3 Å². The highest BCUT2D eigenvalue weighted by Crippen LogP contribution is 2.28. The summed E-state index contributed by atoms with van der Waals surface area (Å²) in [6.45, 7) is 0.841. The van der Waals surface area contributed by atoms with E-state index in [-0.39, 0.29) is 12.1 Å². The van der Waals surface area contributed by atoms with Gasteiger partial charge in [0.2, 0.25) is 0 Å². The van der Waals surface area contributed by atoms with Crippen molar-refractivity contribution in [1.82, 2.24) is 4.90 Å². The highest BCUT2D eigenvalue weighted by molar-refractivity contribution is 7.80. The minimum absolute atomic E-state index is 0.0118. The van der Waals surface area contributed by atoms with Gasteiger partial charge in [0.15, 0.2) is 0 Å². The van der Waals surface area contributed by atoms with E-state index in [0.717, 1.165) is 0 Å². The highest BCUT2D eigenvalue weighted by Gasteiger charge is 2.33. The molecule has 20 heavy (non-hydrogen) atoms. The van der Waals surface area contributed by atoms with Crippen molar-refractivity contribution in [3.8, 4) is 0 Å². The molecule has 1 aromatic rings. The number of benzene rings is 1. The number of ether oxygens (including phenoxy) is 1. The second kappa shape index (κ2) is 8.24. The fourth-order valence-electron chi connectivity index (χ4n) is 1.81. The molecular formula is C14H20F2N2OS. The third-order valence-electron chi connectivity index (χ3n) is 2.90. The first-order chi connectivity index (χ1) is 9.45. The van der Waals surface area contributed by atoms with Crippen LogP contribution in [0.4, 0.5) is 8.78 Å². The lowest BCUT2D eigenvalue weighted by molar-refractivity contribution is -0.0410. The van der Waals surface area contributed by atoms with Crippen molar-refractivity contribution in [3.05, 3.63) is 35.9 Å². The third-order valence-corrected chi connectivity index (χ3v) is 3.11. The molecule has 2 N–H and O–H groups in total. The molecule has 0 amide bonds. The summed E-state index contributed by atoms with van der Waals surface area (Å²) < 4.78 is 33.4. The summed E-state index contributed by atoms with van der Waals surface area (Å²) in [6, 6.07) is 7.80. The van der Waals surface area contributed by atoms with Crippen molar-refractivity contribution in [2.24, 2.45) is 5.73 Å². The van der Waals surface area contributed by atoms with Crippen molar-refractivity contribution < 1.29 is 13.5 Å². The van der Waals surface area contributed by atoms with Gasteiger partial charge in [-0.25, -0.2) is 0 Å².